The molecule has 0 unspecified atom stereocenters. The first-order valence-electron chi connectivity index (χ1n) is 7.03. The lowest BCUT2D eigenvalue weighted by molar-refractivity contribution is 0.173. The molecular formula is C16H22ClNO2. The van der Waals surface area contributed by atoms with Gasteiger partial charge in [0.15, 0.2) is 11.5 Å². The molecule has 0 atom stereocenters. The first-order chi connectivity index (χ1) is 9.66. The second kappa shape index (κ2) is 7.34. The summed E-state index contributed by atoms with van der Waals surface area (Å²) < 4.78 is 10.8. The van der Waals surface area contributed by atoms with Crippen LogP contribution in [-0.4, -0.2) is 11.8 Å². The topological polar surface area (TPSA) is 31.4 Å². The molecule has 0 saturated carbocycles. The van der Waals surface area contributed by atoms with Crippen LogP contribution in [0.15, 0.2) is 12.1 Å². The molecule has 1 aliphatic rings. The van der Waals surface area contributed by atoms with Crippen molar-refractivity contribution in [2.45, 2.75) is 41.5 Å². The zero-order chi connectivity index (χ0) is 15.3. The quantitative estimate of drug-likeness (QED) is 0.619. The number of aryl methyl sites for hydroxylation is 2. The van der Waals surface area contributed by atoms with Crippen molar-refractivity contribution in [3.63, 3.8) is 0 Å². The van der Waals surface area contributed by atoms with Gasteiger partial charge in [-0.25, -0.2) is 4.98 Å². The van der Waals surface area contributed by atoms with Gasteiger partial charge in [0, 0.05) is 17.0 Å². The first-order valence-corrected chi connectivity index (χ1v) is 7.40. The van der Waals surface area contributed by atoms with Gasteiger partial charge in [0.25, 0.3) is 0 Å². The van der Waals surface area contributed by atoms with E-state index in [0.717, 1.165) is 33.5 Å². The molecule has 0 fully saturated rings. The molecule has 110 valence electrons. The molecule has 2 heterocycles. The molecule has 0 N–H and O–H groups in total. The van der Waals surface area contributed by atoms with Crippen LogP contribution >= 0.6 is 11.6 Å². The lowest BCUT2D eigenvalue weighted by Crippen LogP contribution is -1.93. The maximum Gasteiger partial charge on any atom is 0.231 e. The zero-order valence-corrected chi connectivity index (χ0v) is 13.8. The largest absolute Gasteiger partial charge is 0.454 e. The van der Waals surface area contributed by atoms with Gasteiger partial charge in [-0.2, -0.15) is 0 Å². The van der Waals surface area contributed by atoms with Crippen molar-refractivity contribution in [3.8, 4) is 11.5 Å². The summed E-state index contributed by atoms with van der Waals surface area (Å²) in [7, 11) is 0. The SMILES string of the molecule is CC.CC.Cc1cc2c(C)c3c(cc2nc1Cl)OCO3. The fraction of sp³-hybridized carbons (Fsp3) is 0.438. The van der Waals surface area contributed by atoms with Gasteiger partial charge in [0.1, 0.15) is 5.15 Å². The van der Waals surface area contributed by atoms with Crippen LogP contribution in [0.4, 0.5) is 0 Å². The van der Waals surface area contributed by atoms with Crippen LogP contribution in [0.3, 0.4) is 0 Å². The number of aromatic nitrogens is 1. The van der Waals surface area contributed by atoms with E-state index >= 15 is 0 Å². The van der Waals surface area contributed by atoms with Gasteiger partial charge in [0.05, 0.1) is 5.52 Å². The monoisotopic (exact) mass is 295 g/mol. The van der Waals surface area contributed by atoms with Gasteiger partial charge < -0.3 is 9.47 Å². The third-order valence-electron chi connectivity index (χ3n) is 2.83. The fourth-order valence-electron chi connectivity index (χ4n) is 1.95. The third kappa shape index (κ3) is 2.98. The Morgan fingerprint density at radius 3 is 2.35 bits per heavy atom. The molecule has 0 spiro atoms. The van der Waals surface area contributed by atoms with E-state index in [1.54, 1.807) is 0 Å². The Morgan fingerprint density at radius 1 is 1.05 bits per heavy atom. The van der Waals surface area contributed by atoms with Crippen molar-refractivity contribution in [2.24, 2.45) is 0 Å². The maximum absolute atomic E-state index is 6.01. The summed E-state index contributed by atoms with van der Waals surface area (Å²) in [6, 6.07) is 3.90. The van der Waals surface area contributed by atoms with Crippen LogP contribution in [-0.2, 0) is 0 Å². The van der Waals surface area contributed by atoms with Crippen molar-refractivity contribution in [1.82, 2.24) is 4.98 Å². The number of halogens is 1. The highest BCUT2D eigenvalue weighted by atomic mass is 35.5. The van der Waals surface area contributed by atoms with Crippen molar-refractivity contribution < 1.29 is 9.47 Å². The zero-order valence-electron chi connectivity index (χ0n) is 13.0. The smallest absolute Gasteiger partial charge is 0.231 e. The Labute approximate surface area is 125 Å². The molecule has 0 bridgehead atoms. The second-order valence-corrected chi connectivity index (χ2v) is 4.26. The molecule has 0 radical (unpaired) electrons. The Bertz CT molecular complexity index is 597. The van der Waals surface area contributed by atoms with E-state index in [4.69, 9.17) is 21.1 Å². The summed E-state index contributed by atoms with van der Waals surface area (Å²) in [6.45, 7) is 12.2. The predicted octanol–water partition coefficient (Wildman–Crippen LogP) is 5.29. The number of rotatable bonds is 0. The number of hydrogen-bond donors (Lipinski definition) is 0. The lowest BCUT2D eigenvalue weighted by Gasteiger charge is -2.07. The van der Waals surface area contributed by atoms with E-state index in [-0.39, 0.29) is 6.79 Å². The minimum absolute atomic E-state index is 0.277. The van der Waals surface area contributed by atoms with E-state index in [1.807, 2.05) is 53.7 Å². The van der Waals surface area contributed by atoms with Gasteiger partial charge in [0.2, 0.25) is 6.79 Å². The minimum atomic E-state index is 0.277. The highest BCUT2D eigenvalue weighted by molar-refractivity contribution is 6.30. The van der Waals surface area contributed by atoms with Gasteiger partial charge in [-0.15, -0.1) is 0 Å². The molecule has 3 rings (SSSR count). The summed E-state index contributed by atoms with van der Waals surface area (Å²) in [5.74, 6) is 1.56. The Morgan fingerprint density at radius 2 is 1.70 bits per heavy atom. The summed E-state index contributed by atoms with van der Waals surface area (Å²) in [5, 5.41) is 1.59. The molecule has 2 aromatic rings. The van der Waals surface area contributed by atoms with Crippen LogP contribution in [0.1, 0.15) is 38.8 Å². The van der Waals surface area contributed by atoms with Gasteiger partial charge >= 0.3 is 0 Å². The normalized spacial score (nSPS) is 11.3. The van der Waals surface area contributed by atoms with Crippen LogP contribution in [0.2, 0.25) is 5.15 Å². The lowest BCUT2D eigenvalue weighted by atomic mass is 10.1. The predicted molar refractivity (Wildman–Crippen MR) is 85.0 cm³/mol. The summed E-state index contributed by atoms with van der Waals surface area (Å²) in [5.41, 5.74) is 2.87. The number of pyridine rings is 1. The fourth-order valence-corrected chi connectivity index (χ4v) is 2.10. The molecule has 0 amide bonds. The minimum Gasteiger partial charge on any atom is -0.454 e. The van der Waals surface area contributed by atoms with E-state index in [0.29, 0.717) is 5.15 Å². The van der Waals surface area contributed by atoms with Gasteiger partial charge in [-0.1, -0.05) is 39.3 Å². The van der Waals surface area contributed by atoms with E-state index in [9.17, 15) is 0 Å². The van der Waals surface area contributed by atoms with Gasteiger partial charge in [-0.3, -0.25) is 0 Å². The molecule has 1 aromatic carbocycles. The molecule has 0 saturated heterocycles. The van der Waals surface area contributed by atoms with Crippen LogP contribution in [0.5, 0.6) is 11.5 Å². The third-order valence-corrected chi connectivity index (χ3v) is 3.22. The average molecular weight is 296 g/mol. The number of fused-ring (bicyclic) bond motifs is 2. The molecule has 0 aliphatic carbocycles. The van der Waals surface area contributed by atoms with Crippen molar-refractivity contribution in [2.75, 3.05) is 6.79 Å². The molecule has 1 aromatic heterocycles. The Kier molecular flexibility index (Phi) is 6.08. The van der Waals surface area contributed by atoms with E-state index in [2.05, 4.69) is 4.98 Å². The van der Waals surface area contributed by atoms with Crippen LogP contribution < -0.4 is 9.47 Å². The second-order valence-electron chi connectivity index (χ2n) is 3.90. The van der Waals surface area contributed by atoms with Crippen molar-refractivity contribution in [1.29, 1.82) is 0 Å². The molecule has 4 heteroatoms. The van der Waals surface area contributed by atoms with E-state index < -0.39 is 0 Å². The Hall–Kier alpha value is -1.48. The summed E-state index contributed by atoms with van der Waals surface area (Å²) >= 11 is 6.01. The van der Waals surface area contributed by atoms with Crippen LogP contribution in [0.25, 0.3) is 10.9 Å². The Balaban J connectivity index is 0.000000461. The van der Waals surface area contributed by atoms with Crippen molar-refractivity contribution in [3.05, 3.63) is 28.4 Å². The summed E-state index contributed by atoms with van der Waals surface area (Å²) in [4.78, 5) is 4.34. The molecule has 3 nitrogen and oxygen atoms in total. The first kappa shape index (κ1) is 16.6. The maximum atomic E-state index is 6.01. The highest BCUT2D eigenvalue weighted by Crippen LogP contribution is 2.40. The standard InChI is InChI=1S/C12H10ClNO2.2C2H6/c1-6-3-8-7(2)11-10(15-5-16-11)4-9(8)14-12(6)13;2*1-2/h3-4H,5H2,1-2H3;2*1-2H3. The van der Waals surface area contributed by atoms with Gasteiger partial charge in [-0.05, 0) is 25.5 Å². The highest BCUT2D eigenvalue weighted by Gasteiger charge is 2.19. The summed E-state index contributed by atoms with van der Waals surface area (Å²) in [6.07, 6.45) is 0. The number of ether oxygens (including phenoxy) is 2. The number of hydrogen-bond acceptors (Lipinski definition) is 3. The molecule has 1 aliphatic heterocycles. The number of benzene rings is 1. The number of nitrogens with zero attached hydrogens (tertiary/aromatic N) is 1. The van der Waals surface area contributed by atoms with Crippen LogP contribution in [0, 0.1) is 13.8 Å². The van der Waals surface area contributed by atoms with E-state index in [1.165, 1.54) is 0 Å². The average Bonchev–Trinajstić information content (AvgIpc) is 2.94. The molecule has 20 heavy (non-hydrogen) atoms. The molecular weight excluding hydrogens is 274 g/mol. The van der Waals surface area contributed by atoms with Crippen molar-refractivity contribution >= 4 is 22.5 Å².